The number of hydrogen-bond acceptors (Lipinski definition) is 8. The summed E-state index contributed by atoms with van der Waals surface area (Å²) in [5.74, 6) is -0.542. The molecule has 10 heteroatoms. The number of aromatic nitrogens is 4. The van der Waals surface area contributed by atoms with Gasteiger partial charge in [-0.15, -0.1) is 11.3 Å². The molecule has 1 amide bonds. The normalized spacial score (nSPS) is 14.4. The number of nitrogens with one attached hydrogen (secondary N) is 1. The van der Waals surface area contributed by atoms with Crippen LogP contribution in [0.15, 0.2) is 17.6 Å². The van der Waals surface area contributed by atoms with Crippen LogP contribution in [0.4, 0.5) is 5.00 Å². The number of aryl methyl sites for hydroxylation is 2. The van der Waals surface area contributed by atoms with Crippen molar-refractivity contribution in [2.45, 2.75) is 49.8 Å². The van der Waals surface area contributed by atoms with E-state index in [2.05, 4.69) is 20.4 Å². The van der Waals surface area contributed by atoms with Gasteiger partial charge >= 0.3 is 5.97 Å². The zero-order valence-corrected chi connectivity index (χ0v) is 18.7. The molecule has 0 aliphatic heterocycles. The number of rotatable bonds is 6. The first-order valence-corrected chi connectivity index (χ1v) is 11.6. The van der Waals surface area contributed by atoms with E-state index in [1.807, 2.05) is 14.0 Å². The standard InChI is InChI=1S/C20H23N5O3S2/c1-4-28-20(27)15-12-7-5-6-8-14(12)30-19(15)24-17(26)11(2)29-18-13-9-23-25(3)16(13)21-10-22-18/h9-11H,4-8H2,1-3H3,(H,24,26)/t11-/m1/s1. The second-order valence-electron chi connectivity index (χ2n) is 7.07. The van der Waals surface area contributed by atoms with Crippen LogP contribution in [0.3, 0.4) is 0 Å². The lowest BCUT2D eigenvalue weighted by atomic mass is 9.95. The topological polar surface area (TPSA) is 99.0 Å². The number of carbonyl (C=O) groups is 2. The molecule has 0 aromatic carbocycles. The van der Waals surface area contributed by atoms with Gasteiger partial charge in [0, 0.05) is 11.9 Å². The highest BCUT2D eigenvalue weighted by Gasteiger charge is 2.28. The van der Waals surface area contributed by atoms with E-state index >= 15 is 0 Å². The third-order valence-corrected chi connectivity index (χ3v) is 7.36. The number of ether oxygens (including phenoxy) is 1. The number of carbonyl (C=O) groups excluding carboxylic acids is 2. The van der Waals surface area contributed by atoms with Gasteiger partial charge in [0.05, 0.1) is 29.0 Å². The molecule has 3 heterocycles. The van der Waals surface area contributed by atoms with Gasteiger partial charge in [-0.25, -0.2) is 14.8 Å². The Labute approximate surface area is 182 Å². The Hall–Kier alpha value is -2.46. The van der Waals surface area contributed by atoms with Gasteiger partial charge in [-0.05, 0) is 45.1 Å². The maximum atomic E-state index is 13.0. The van der Waals surface area contributed by atoms with Gasteiger partial charge in [0.15, 0.2) is 5.65 Å². The number of nitrogens with zero attached hydrogens (tertiary/aromatic N) is 4. The van der Waals surface area contributed by atoms with Crippen LogP contribution in [0.25, 0.3) is 11.0 Å². The molecule has 0 fully saturated rings. The molecule has 1 N–H and O–H groups in total. The fraction of sp³-hybridized carbons (Fsp3) is 0.450. The van der Waals surface area contributed by atoms with Gasteiger partial charge in [-0.2, -0.15) is 5.10 Å². The van der Waals surface area contributed by atoms with Crippen LogP contribution in [0.5, 0.6) is 0 Å². The van der Waals surface area contributed by atoms with Crippen molar-refractivity contribution in [1.82, 2.24) is 19.7 Å². The maximum Gasteiger partial charge on any atom is 0.341 e. The summed E-state index contributed by atoms with van der Waals surface area (Å²) in [6.45, 7) is 3.91. The van der Waals surface area contributed by atoms with E-state index in [4.69, 9.17) is 4.74 Å². The number of fused-ring (bicyclic) bond motifs is 2. The minimum Gasteiger partial charge on any atom is -0.462 e. The molecular weight excluding hydrogens is 422 g/mol. The van der Waals surface area contributed by atoms with Crippen LogP contribution in [-0.2, 0) is 29.4 Å². The predicted molar refractivity (Wildman–Crippen MR) is 117 cm³/mol. The van der Waals surface area contributed by atoms with Gasteiger partial charge in [0.1, 0.15) is 16.4 Å². The van der Waals surface area contributed by atoms with Crippen LogP contribution in [0.1, 0.15) is 47.5 Å². The quantitative estimate of drug-likeness (QED) is 0.352. The molecule has 0 saturated heterocycles. The monoisotopic (exact) mass is 445 g/mol. The molecule has 30 heavy (non-hydrogen) atoms. The Morgan fingerprint density at radius 2 is 2.13 bits per heavy atom. The second kappa shape index (κ2) is 8.73. The smallest absolute Gasteiger partial charge is 0.341 e. The van der Waals surface area contributed by atoms with Crippen molar-refractivity contribution in [3.63, 3.8) is 0 Å². The summed E-state index contributed by atoms with van der Waals surface area (Å²) in [4.78, 5) is 35.3. The Kier molecular flexibility index (Phi) is 6.05. The molecular formula is C20H23N5O3S2. The first-order valence-electron chi connectivity index (χ1n) is 9.91. The van der Waals surface area contributed by atoms with E-state index in [9.17, 15) is 9.59 Å². The summed E-state index contributed by atoms with van der Waals surface area (Å²) in [6, 6.07) is 0. The predicted octanol–water partition coefficient (Wildman–Crippen LogP) is 3.60. The molecule has 3 aromatic rings. The first-order chi connectivity index (χ1) is 14.5. The average Bonchev–Trinajstić information content (AvgIpc) is 3.29. The Balaban J connectivity index is 1.56. The summed E-state index contributed by atoms with van der Waals surface area (Å²) in [5.41, 5.74) is 2.28. The van der Waals surface area contributed by atoms with Gasteiger partial charge in [-0.1, -0.05) is 11.8 Å². The molecule has 0 saturated carbocycles. The number of thioether (sulfide) groups is 1. The van der Waals surface area contributed by atoms with E-state index in [-0.39, 0.29) is 11.9 Å². The molecule has 0 bridgehead atoms. The summed E-state index contributed by atoms with van der Waals surface area (Å²) >= 11 is 2.84. The van der Waals surface area contributed by atoms with Gasteiger partial charge in [0.25, 0.3) is 0 Å². The number of amides is 1. The molecule has 158 valence electrons. The van der Waals surface area contributed by atoms with Crippen LogP contribution in [0.2, 0.25) is 0 Å². The molecule has 0 radical (unpaired) electrons. The largest absolute Gasteiger partial charge is 0.462 e. The highest BCUT2D eigenvalue weighted by atomic mass is 32.2. The van der Waals surface area contributed by atoms with E-state index in [0.717, 1.165) is 42.3 Å². The van der Waals surface area contributed by atoms with Crippen molar-refractivity contribution in [1.29, 1.82) is 0 Å². The van der Waals surface area contributed by atoms with E-state index < -0.39 is 5.25 Å². The van der Waals surface area contributed by atoms with Crippen molar-refractivity contribution in [2.75, 3.05) is 11.9 Å². The fourth-order valence-electron chi connectivity index (χ4n) is 3.54. The zero-order valence-electron chi connectivity index (χ0n) is 17.1. The molecule has 0 spiro atoms. The van der Waals surface area contributed by atoms with Gasteiger partial charge < -0.3 is 10.1 Å². The molecule has 8 nitrogen and oxygen atoms in total. The van der Waals surface area contributed by atoms with E-state index in [1.54, 1.807) is 17.8 Å². The third-order valence-electron chi connectivity index (χ3n) is 5.04. The van der Waals surface area contributed by atoms with E-state index in [1.165, 1.54) is 34.3 Å². The van der Waals surface area contributed by atoms with Crippen LogP contribution in [-0.4, -0.2) is 43.5 Å². The highest BCUT2D eigenvalue weighted by molar-refractivity contribution is 8.00. The lowest BCUT2D eigenvalue weighted by Crippen LogP contribution is -2.23. The Morgan fingerprint density at radius 3 is 2.93 bits per heavy atom. The lowest BCUT2D eigenvalue weighted by molar-refractivity contribution is -0.115. The fourth-order valence-corrected chi connectivity index (χ4v) is 5.70. The van der Waals surface area contributed by atoms with Crippen molar-refractivity contribution in [3.05, 3.63) is 28.5 Å². The summed E-state index contributed by atoms with van der Waals surface area (Å²) in [5, 5.41) is 8.87. The molecule has 1 aliphatic carbocycles. The van der Waals surface area contributed by atoms with E-state index in [0.29, 0.717) is 22.2 Å². The first kappa shape index (κ1) is 20.8. The van der Waals surface area contributed by atoms with Crippen LogP contribution >= 0.6 is 23.1 Å². The van der Waals surface area contributed by atoms with Gasteiger partial charge in [-0.3, -0.25) is 9.48 Å². The summed E-state index contributed by atoms with van der Waals surface area (Å²) in [7, 11) is 1.81. The van der Waals surface area contributed by atoms with Crippen molar-refractivity contribution in [2.24, 2.45) is 7.05 Å². The summed E-state index contributed by atoms with van der Waals surface area (Å²) in [6.07, 6.45) is 7.11. The Bertz CT molecular complexity index is 1110. The number of thiophene rings is 1. The highest BCUT2D eigenvalue weighted by Crippen LogP contribution is 2.39. The number of hydrogen-bond donors (Lipinski definition) is 1. The molecule has 1 atom stereocenters. The van der Waals surface area contributed by atoms with Crippen molar-refractivity contribution >= 4 is 51.0 Å². The number of esters is 1. The van der Waals surface area contributed by atoms with Crippen LogP contribution < -0.4 is 5.32 Å². The minimum absolute atomic E-state index is 0.181. The second-order valence-corrected chi connectivity index (χ2v) is 9.50. The molecule has 3 aromatic heterocycles. The van der Waals surface area contributed by atoms with Gasteiger partial charge in [0.2, 0.25) is 5.91 Å². The zero-order chi connectivity index (χ0) is 21.3. The maximum absolute atomic E-state index is 13.0. The molecule has 4 rings (SSSR count). The SMILES string of the molecule is CCOC(=O)c1c(NC(=O)[C@@H](C)Sc2ncnc3c2cnn3C)sc2c1CCCC2. The lowest BCUT2D eigenvalue weighted by Gasteiger charge is -2.13. The minimum atomic E-state index is -0.419. The van der Waals surface area contributed by atoms with Crippen molar-refractivity contribution < 1.29 is 14.3 Å². The third kappa shape index (κ3) is 3.93. The average molecular weight is 446 g/mol. The van der Waals surface area contributed by atoms with Crippen LogP contribution in [0, 0.1) is 0 Å². The number of anilines is 1. The molecule has 0 unspecified atom stereocenters. The molecule has 1 aliphatic rings. The summed E-state index contributed by atoms with van der Waals surface area (Å²) < 4.78 is 6.94. The Morgan fingerprint density at radius 1 is 1.33 bits per heavy atom. The van der Waals surface area contributed by atoms with Crippen molar-refractivity contribution in [3.8, 4) is 0 Å².